The lowest BCUT2D eigenvalue weighted by Crippen LogP contribution is -2.09. The van der Waals surface area contributed by atoms with Gasteiger partial charge >= 0.3 is 6.18 Å². The van der Waals surface area contributed by atoms with Crippen molar-refractivity contribution in [3.05, 3.63) is 138 Å². The number of rotatable bonds is 18. The second kappa shape index (κ2) is 21.9. The molecule has 5 rings (SSSR count). The molecule has 52 heavy (non-hydrogen) atoms. The molecule has 0 spiro atoms. The van der Waals surface area contributed by atoms with Gasteiger partial charge in [0.05, 0.1) is 12.2 Å². The van der Waals surface area contributed by atoms with Crippen LogP contribution in [0.3, 0.4) is 0 Å². The maximum atomic E-state index is 13.4. The third-order valence-corrected chi connectivity index (χ3v) is 9.27. The third-order valence-electron chi connectivity index (χ3n) is 9.27. The molecule has 5 aromatic carbocycles. The standard InChI is InChI=1S/C26H30.C21H24F4O/c1-2-3-4-5-6-9-14-22-19-20-25(23-15-10-7-11-16-23)26(21-22)24-17-12-8-13-18-24;1-2-3-4-5-6-7-13-26-20-12-11-17(15-19(20)21(23,24)25)16-9-8-10-18(22)14-16/h7-8,10-13,15-21H,2-6,9,14H2,1H3;8-12,14-15H,2-7,13H2,1H3. The SMILES string of the molecule is CCCCCCCCOc1ccc(-c2cccc(F)c2)cc1C(F)(F)F.CCCCCCCCc1ccc(-c2ccccc2)c(-c2ccccc2)c1. The van der Waals surface area contributed by atoms with E-state index in [2.05, 4.69) is 92.7 Å². The Bertz CT molecular complexity index is 1730. The molecule has 0 aliphatic rings. The van der Waals surface area contributed by atoms with E-state index in [1.807, 2.05) is 0 Å². The highest BCUT2D eigenvalue weighted by atomic mass is 19.4. The Hall–Kier alpha value is -4.38. The quantitative estimate of drug-likeness (QED) is 0.0650. The van der Waals surface area contributed by atoms with Gasteiger partial charge in [-0.1, -0.05) is 175 Å². The highest BCUT2D eigenvalue weighted by molar-refractivity contribution is 5.83. The van der Waals surface area contributed by atoms with E-state index in [0.717, 1.165) is 38.2 Å². The fourth-order valence-electron chi connectivity index (χ4n) is 6.37. The van der Waals surface area contributed by atoms with Crippen molar-refractivity contribution in [3.63, 3.8) is 0 Å². The minimum absolute atomic E-state index is 0.175. The van der Waals surface area contributed by atoms with Crippen LogP contribution in [0, 0.1) is 5.82 Å². The van der Waals surface area contributed by atoms with Gasteiger partial charge in [0.15, 0.2) is 0 Å². The first-order valence-electron chi connectivity index (χ1n) is 19.1. The zero-order valence-corrected chi connectivity index (χ0v) is 30.9. The second-order valence-electron chi connectivity index (χ2n) is 13.5. The van der Waals surface area contributed by atoms with Crippen molar-refractivity contribution in [2.24, 2.45) is 0 Å². The van der Waals surface area contributed by atoms with Gasteiger partial charge in [-0.25, -0.2) is 4.39 Å². The van der Waals surface area contributed by atoms with E-state index in [9.17, 15) is 17.6 Å². The van der Waals surface area contributed by atoms with Gasteiger partial charge in [-0.15, -0.1) is 0 Å². The molecule has 0 unspecified atom stereocenters. The fraction of sp³-hybridized carbons (Fsp3) is 0.362. The maximum absolute atomic E-state index is 13.4. The van der Waals surface area contributed by atoms with E-state index in [-0.39, 0.29) is 12.4 Å². The van der Waals surface area contributed by atoms with E-state index >= 15 is 0 Å². The van der Waals surface area contributed by atoms with Gasteiger partial charge in [0.25, 0.3) is 0 Å². The largest absolute Gasteiger partial charge is 0.493 e. The number of unbranched alkanes of at least 4 members (excludes halogenated alkanes) is 10. The first-order chi connectivity index (χ1) is 25.3. The molecular weight excluding hydrogens is 657 g/mol. The van der Waals surface area contributed by atoms with Crippen LogP contribution in [0.2, 0.25) is 0 Å². The van der Waals surface area contributed by atoms with Crippen LogP contribution in [-0.4, -0.2) is 6.61 Å². The Morgan fingerprint density at radius 1 is 0.481 bits per heavy atom. The van der Waals surface area contributed by atoms with Crippen LogP contribution in [0.4, 0.5) is 17.6 Å². The average molecular weight is 711 g/mol. The summed E-state index contributed by atoms with van der Waals surface area (Å²) in [5, 5.41) is 0. The molecule has 0 aromatic heterocycles. The molecule has 0 atom stereocenters. The van der Waals surface area contributed by atoms with E-state index < -0.39 is 17.6 Å². The Labute approximate surface area is 309 Å². The summed E-state index contributed by atoms with van der Waals surface area (Å²) in [6, 6.07) is 37.9. The van der Waals surface area contributed by atoms with Crippen molar-refractivity contribution in [1.29, 1.82) is 0 Å². The van der Waals surface area contributed by atoms with Gasteiger partial charge in [-0.05, 0) is 82.5 Å². The Morgan fingerprint density at radius 2 is 1.04 bits per heavy atom. The summed E-state index contributed by atoms with van der Waals surface area (Å²) >= 11 is 0. The molecule has 0 saturated heterocycles. The number of hydrogen-bond acceptors (Lipinski definition) is 1. The molecule has 0 amide bonds. The lowest BCUT2D eigenvalue weighted by molar-refractivity contribution is -0.138. The molecule has 0 fully saturated rings. The number of benzene rings is 5. The Morgan fingerprint density at radius 3 is 1.65 bits per heavy atom. The molecule has 5 heteroatoms. The lowest BCUT2D eigenvalue weighted by atomic mass is 9.91. The van der Waals surface area contributed by atoms with Crippen molar-refractivity contribution in [2.75, 3.05) is 6.61 Å². The molecular formula is C47H54F4O. The predicted molar refractivity (Wildman–Crippen MR) is 210 cm³/mol. The highest BCUT2D eigenvalue weighted by Gasteiger charge is 2.34. The molecule has 0 aliphatic carbocycles. The maximum Gasteiger partial charge on any atom is 0.419 e. The number of alkyl halides is 3. The summed E-state index contributed by atoms with van der Waals surface area (Å²) in [5.74, 6) is -0.661. The summed E-state index contributed by atoms with van der Waals surface area (Å²) in [5.41, 5.74) is 6.60. The van der Waals surface area contributed by atoms with Crippen LogP contribution < -0.4 is 4.74 Å². The third kappa shape index (κ3) is 13.3. The topological polar surface area (TPSA) is 9.23 Å². The van der Waals surface area contributed by atoms with Gasteiger partial charge in [-0.3, -0.25) is 0 Å². The number of aryl methyl sites for hydroxylation is 1. The molecule has 276 valence electrons. The summed E-state index contributed by atoms with van der Waals surface area (Å²) in [4.78, 5) is 0. The van der Waals surface area contributed by atoms with E-state index in [1.165, 1.54) is 110 Å². The van der Waals surface area contributed by atoms with Gasteiger partial charge in [0.2, 0.25) is 0 Å². The summed E-state index contributed by atoms with van der Waals surface area (Å²) < 4.78 is 58.9. The van der Waals surface area contributed by atoms with Crippen LogP contribution in [0.25, 0.3) is 33.4 Å². The van der Waals surface area contributed by atoms with E-state index in [4.69, 9.17) is 4.74 Å². The minimum Gasteiger partial charge on any atom is -0.493 e. The summed E-state index contributed by atoms with van der Waals surface area (Å²) in [7, 11) is 0. The lowest BCUT2D eigenvalue weighted by Gasteiger charge is -2.15. The number of hydrogen-bond donors (Lipinski definition) is 0. The first kappa shape index (κ1) is 40.4. The van der Waals surface area contributed by atoms with Gasteiger partial charge in [0.1, 0.15) is 11.6 Å². The monoisotopic (exact) mass is 710 g/mol. The van der Waals surface area contributed by atoms with E-state index in [1.54, 1.807) is 6.07 Å². The highest BCUT2D eigenvalue weighted by Crippen LogP contribution is 2.39. The molecule has 0 bridgehead atoms. The van der Waals surface area contributed by atoms with Crippen LogP contribution in [0.5, 0.6) is 5.75 Å². The van der Waals surface area contributed by atoms with Crippen molar-refractivity contribution >= 4 is 0 Å². The van der Waals surface area contributed by atoms with Gasteiger partial charge in [-0.2, -0.15) is 13.2 Å². The van der Waals surface area contributed by atoms with Gasteiger partial charge in [0, 0.05) is 0 Å². The van der Waals surface area contributed by atoms with Gasteiger partial charge < -0.3 is 4.74 Å². The molecule has 5 aromatic rings. The zero-order chi connectivity index (χ0) is 37.0. The summed E-state index contributed by atoms with van der Waals surface area (Å²) in [6.45, 7) is 4.67. The van der Waals surface area contributed by atoms with E-state index in [0.29, 0.717) is 11.1 Å². The Balaban J connectivity index is 0.000000233. The minimum atomic E-state index is -4.53. The van der Waals surface area contributed by atoms with Crippen molar-refractivity contribution in [3.8, 4) is 39.1 Å². The second-order valence-corrected chi connectivity index (χ2v) is 13.5. The summed E-state index contributed by atoms with van der Waals surface area (Å²) in [6.07, 6.45) is 11.0. The van der Waals surface area contributed by atoms with Crippen LogP contribution in [-0.2, 0) is 12.6 Å². The molecule has 0 saturated carbocycles. The van der Waals surface area contributed by atoms with Crippen LogP contribution in [0.1, 0.15) is 102 Å². The average Bonchev–Trinajstić information content (AvgIpc) is 3.16. The molecule has 0 aliphatic heterocycles. The molecule has 0 N–H and O–H groups in total. The molecule has 0 heterocycles. The van der Waals surface area contributed by atoms with Crippen molar-refractivity contribution in [1.82, 2.24) is 0 Å². The first-order valence-corrected chi connectivity index (χ1v) is 19.1. The number of ether oxygens (including phenoxy) is 1. The molecule has 0 radical (unpaired) electrons. The molecule has 1 nitrogen and oxygen atoms in total. The smallest absolute Gasteiger partial charge is 0.419 e. The van der Waals surface area contributed by atoms with Crippen LogP contribution in [0.15, 0.2) is 121 Å². The predicted octanol–water partition coefficient (Wildman–Crippen LogP) is 15.2. The van der Waals surface area contributed by atoms with Crippen LogP contribution >= 0.6 is 0 Å². The normalized spacial score (nSPS) is 11.2. The van der Waals surface area contributed by atoms with Crippen molar-refractivity contribution < 1.29 is 22.3 Å². The zero-order valence-electron chi connectivity index (χ0n) is 30.9. The Kier molecular flexibility index (Phi) is 17.0. The number of halogens is 4. The fourth-order valence-corrected chi connectivity index (χ4v) is 6.37. The van der Waals surface area contributed by atoms with Crippen molar-refractivity contribution in [2.45, 2.75) is 103 Å².